The molecular weight excluding hydrogens is 334 g/mol. The third kappa shape index (κ3) is 4.40. The standard InChI is InChI=1S/C19H27N3O4/c1-13(2)22-16(24)12-26-18(17(22)14-8-6-5-7-9-14)19(25)21(4)11-10-15(23)20-3/h5-9,13,17-18H,10-12H2,1-4H3,(H,20,23)/t17-,18+/m1/s1. The lowest BCUT2D eigenvalue weighted by molar-refractivity contribution is -0.171. The summed E-state index contributed by atoms with van der Waals surface area (Å²) in [7, 11) is 3.21. The normalized spacial score (nSPS) is 20.2. The van der Waals surface area contributed by atoms with Crippen LogP contribution in [0.15, 0.2) is 30.3 Å². The van der Waals surface area contributed by atoms with E-state index in [1.807, 2.05) is 44.2 Å². The Morgan fingerprint density at radius 3 is 2.54 bits per heavy atom. The topological polar surface area (TPSA) is 79.0 Å². The van der Waals surface area contributed by atoms with Gasteiger partial charge < -0.3 is 19.9 Å². The van der Waals surface area contributed by atoms with Gasteiger partial charge in [-0.2, -0.15) is 0 Å². The fourth-order valence-electron chi connectivity index (χ4n) is 3.15. The van der Waals surface area contributed by atoms with Gasteiger partial charge in [0, 0.05) is 33.1 Å². The predicted molar refractivity (Wildman–Crippen MR) is 97.2 cm³/mol. The first-order chi connectivity index (χ1) is 12.4. The minimum Gasteiger partial charge on any atom is -0.359 e. The van der Waals surface area contributed by atoms with Crippen LogP contribution in [0.25, 0.3) is 0 Å². The molecule has 0 unspecified atom stereocenters. The highest BCUT2D eigenvalue weighted by molar-refractivity contribution is 5.87. The Kier molecular flexibility index (Phi) is 6.74. The molecule has 7 nitrogen and oxygen atoms in total. The van der Waals surface area contributed by atoms with Crippen LogP contribution in [0.4, 0.5) is 0 Å². The molecule has 1 fully saturated rings. The number of nitrogens with zero attached hydrogens (tertiary/aromatic N) is 2. The van der Waals surface area contributed by atoms with E-state index >= 15 is 0 Å². The zero-order valence-corrected chi connectivity index (χ0v) is 15.8. The van der Waals surface area contributed by atoms with Crippen LogP contribution in [0.5, 0.6) is 0 Å². The number of benzene rings is 1. The van der Waals surface area contributed by atoms with Gasteiger partial charge in [0.15, 0.2) is 6.10 Å². The largest absolute Gasteiger partial charge is 0.359 e. The maximum Gasteiger partial charge on any atom is 0.254 e. The number of likely N-dealkylation sites (N-methyl/N-ethyl adjacent to an activating group) is 1. The van der Waals surface area contributed by atoms with Crippen molar-refractivity contribution in [3.05, 3.63) is 35.9 Å². The molecule has 26 heavy (non-hydrogen) atoms. The number of nitrogens with one attached hydrogen (secondary N) is 1. The summed E-state index contributed by atoms with van der Waals surface area (Å²) in [6.45, 7) is 4.02. The van der Waals surface area contributed by atoms with Crippen molar-refractivity contribution < 1.29 is 19.1 Å². The lowest BCUT2D eigenvalue weighted by Gasteiger charge is -2.43. The average Bonchev–Trinajstić information content (AvgIpc) is 2.65. The first-order valence-electron chi connectivity index (χ1n) is 8.80. The third-order valence-corrected chi connectivity index (χ3v) is 4.53. The summed E-state index contributed by atoms with van der Waals surface area (Å²) in [5.74, 6) is -0.500. The maximum atomic E-state index is 13.0. The van der Waals surface area contributed by atoms with Crippen LogP contribution in [-0.2, 0) is 19.1 Å². The molecular formula is C19H27N3O4. The fourth-order valence-corrected chi connectivity index (χ4v) is 3.15. The molecule has 0 spiro atoms. The Morgan fingerprint density at radius 2 is 1.96 bits per heavy atom. The molecule has 0 aromatic heterocycles. The molecule has 0 aliphatic carbocycles. The molecule has 0 radical (unpaired) electrons. The van der Waals surface area contributed by atoms with Crippen molar-refractivity contribution in [3.8, 4) is 0 Å². The highest BCUT2D eigenvalue weighted by Gasteiger charge is 2.43. The van der Waals surface area contributed by atoms with E-state index in [2.05, 4.69) is 5.32 Å². The molecule has 142 valence electrons. The van der Waals surface area contributed by atoms with Gasteiger partial charge in [0.05, 0.1) is 6.04 Å². The summed E-state index contributed by atoms with van der Waals surface area (Å²) in [6, 6.07) is 8.88. The van der Waals surface area contributed by atoms with Gasteiger partial charge in [0.1, 0.15) is 6.61 Å². The second-order valence-electron chi connectivity index (χ2n) is 6.66. The van der Waals surface area contributed by atoms with Crippen molar-refractivity contribution in [2.24, 2.45) is 0 Å². The van der Waals surface area contributed by atoms with Crippen molar-refractivity contribution in [2.75, 3.05) is 27.2 Å². The summed E-state index contributed by atoms with van der Waals surface area (Å²) in [5.41, 5.74) is 0.854. The summed E-state index contributed by atoms with van der Waals surface area (Å²) < 4.78 is 5.67. The molecule has 2 atom stereocenters. The van der Waals surface area contributed by atoms with Crippen molar-refractivity contribution >= 4 is 17.7 Å². The van der Waals surface area contributed by atoms with Crippen LogP contribution in [0.2, 0.25) is 0 Å². The predicted octanol–water partition coefficient (Wildman–Crippen LogP) is 0.958. The third-order valence-electron chi connectivity index (χ3n) is 4.53. The Labute approximate surface area is 154 Å². The van der Waals surface area contributed by atoms with E-state index < -0.39 is 12.1 Å². The van der Waals surface area contributed by atoms with E-state index in [9.17, 15) is 14.4 Å². The van der Waals surface area contributed by atoms with Crippen LogP contribution in [-0.4, -0.2) is 66.9 Å². The molecule has 2 rings (SSSR count). The molecule has 0 saturated carbocycles. The number of ether oxygens (including phenoxy) is 1. The van der Waals surface area contributed by atoms with E-state index in [4.69, 9.17) is 4.74 Å². The van der Waals surface area contributed by atoms with Crippen LogP contribution in [0.3, 0.4) is 0 Å². The highest BCUT2D eigenvalue weighted by Crippen LogP contribution is 2.32. The summed E-state index contributed by atoms with van der Waals surface area (Å²) in [5, 5.41) is 2.54. The van der Waals surface area contributed by atoms with Gasteiger partial charge in [-0.05, 0) is 19.4 Å². The summed E-state index contributed by atoms with van der Waals surface area (Å²) >= 11 is 0. The molecule has 1 aromatic rings. The lowest BCUT2D eigenvalue weighted by atomic mass is 9.95. The van der Waals surface area contributed by atoms with Gasteiger partial charge in [0.25, 0.3) is 5.91 Å². The Bertz CT molecular complexity index is 647. The van der Waals surface area contributed by atoms with Crippen LogP contribution in [0, 0.1) is 0 Å². The molecule has 1 aliphatic heterocycles. The van der Waals surface area contributed by atoms with Crippen LogP contribution >= 0.6 is 0 Å². The number of hydrogen-bond donors (Lipinski definition) is 1. The quantitative estimate of drug-likeness (QED) is 0.818. The second-order valence-corrected chi connectivity index (χ2v) is 6.66. The summed E-state index contributed by atoms with van der Waals surface area (Å²) in [6.07, 6.45) is -0.582. The molecule has 7 heteroatoms. The fraction of sp³-hybridized carbons (Fsp3) is 0.526. The monoisotopic (exact) mass is 361 g/mol. The van der Waals surface area contributed by atoms with Crippen LogP contribution < -0.4 is 5.32 Å². The van der Waals surface area contributed by atoms with Gasteiger partial charge in [-0.3, -0.25) is 14.4 Å². The van der Waals surface area contributed by atoms with Gasteiger partial charge in [-0.15, -0.1) is 0 Å². The molecule has 1 aliphatic rings. The van der Waals surface area contributed by atoms with E-state index in [0.29, 0.717) is 0 Å². The highest BCUT2D eigenvalue weighted by atomic mass is 16.5. The van der Waals surface area contributed by atoms with E-state index in [1.54, 1.807) is 19.0 Å². The van der Waals surface area contributed by atoms with Gasteiger partial charge in [-0.1, -0.05) is 30.3 Å². The number of amides is 3. The molecule has 3 amide bonds. The first-order valence-corrected chi connectivity index (χ1v) is 8.80. The van der Waals surface area contributed by atoms with Crippen molar-refractivity contribution in [2.45, 2.75) is 38.5 Å². The minimum atomic E-state index is -0.799. The smallest absolute Gasteiger partial charge is 0.254 e. The molecule has 0 bridgehead atoms. The maximum absolute atomic E-state index is 13.0. The van der Waals surface area contributed by atoms with E-state index in [0.717, 1.165) is 5.56 Å². The number of morpholine rings is 1. The van der Waals surface area contributed by atoms with Gasteiger partial charge >= 0.3 is 0 Å². The average molecular weight is 361 g/mol. The molecule has 1 heterocycles. The molecule has 1 saturated heterocycles. The number of rotatable bonds is 6. The first kappa shape index (κ1) is 19.9. The van der Waals surface area contributed by atoms with Gasteiger partial charge in [-0.25, -0.2) is 0 Å². The van der Waals surface area contributed by atoms with E-state index in [1.165, 1.54) is 4.90 Å². The van der Waals surface area contributed by atoms with Crippen LogP contribution in [0.1, 0.15) is 31.9 Å². The second kappa shape index (κ2) is 8.80. The molecule has 1 N–H and O–H groups in total. The van der Waals surface area contributed by atoms with Crippen molar-refractivity contribution in [1.82, 2.24) is 15.1 Å². The van der Waals surface area contributed by atoms with Crippen molar-refractivity contribution in [3.63, 3.8) is 0 Å². The number of hydrogen-bond acceptors (Lipinski definition) is 4. The minimum absolute atomic E-state index is 0.0666. The number of carbonyl (C=O) groups is 3. The SMILES string of the molecule is CNC(=O)CCN(C)C(=O)[C@H]1OCC(=O)N(C(C)C)[C@@H]1c1ccccc1. The Balaban J connectivity index is 2.27. The van der Waals surface area contributed by atoms with E-state index in [-0.39, 0.29) is 43.3 Å². The zero-order valence-electron chi connectivity index (χ0n) is 15.8. The summed E-state index contributed by atoms with van der Waals surface area (Å²) in [4.78, 5) is 40.1. The Morgan fingerprint density at radius 1 is 1.31 bits per heavy atom. The Hall–Kier alpha value is -2.41. The molecule has 1 aromatic carbocycles. The number of carbonyl (C=O) groups excluding carboxylic acids is 3. The zero-order chi connectivity index (χ0) is 19.3. The van der Waals surface area contributed by atoms with Gasteiger partial charge in [0.2, 0.25) is 11.8 Å². The lowest BCUT2D eigenvalue weighted by Crippen LogP contribution is -2.56. The van der Waals surface area contributed by atoms with Crippen molar-refractivity contribution in [1.29, 1.82) is 0 Å².